The largest absolute Gasteiger partial charge is 0.468 e. The molecule has 0 bridgehead atoms. The zero-order valence-electron chi connectivity index (χ0n) is 16.8. The molecule has 29 heavy (non-hydrogen) atoms. The van der Waals surface area contributed by atoms with Crippen LogP contribution in [0.3, 0.4) is 0 Å². The molecule has 10 nitrogen and oxygen atoms in total. The van der Waals surface area contributed by atoms with E-state index in [2.05, 4.69) is 4.74 Å². The van der Waals surface area contributed by atoms with Crippen LogP contribution in [0.5, 0.6) is 0 Å². The maximum atomic E-state index is 12.6. The van der Waals surface area contributed by atoms with Crippen molar-refractivity contribution in [3.8, 4) is 0 Å². The van der Waals surface area contributed by atoms with E-state index in [1.807, 2.05) is 0 Å². The summed E-state index contributed by atoms with van der Waals surface area (Å²) in [5, 5.41) is 11.5. The van der Waals surface area contributed by atoms with Crippen molar-refractivity contribution in [3.05, 3.63) is 39.4 Å². The number of Topliss-reactive ketones (excluding diaryl/α,β-unsaturated/α-hetero) is 1. The number of rotatable bonds is 9. The number of nitrogens with zero attached hydrogens (tertiary/aromatic N) is 1. The average molecular weight is 409 g/mol. The third kappa shape index (κ3) is 4.76. The molecule has 0 N–H and O–H groups in total. The number of carbonyl (C=O) groups excluding carboxylic acids is 4. The van der Waals surface area contributed by atoms with Crippen LogP contribution in [0.25, 0.3) is 0 Å². The SMILES string of the molecule is CCOC(=O)C(C)(C(=O)OCC)c1ccc([N+](=O)[O-])c(C(C(C)=O)C(=O)OC)c1. The maximum Gasteiger partial charge on any atom is 0.327 e. The van der Waals surface area contributed by atoms with Crippen LogP contribution >= 0.6 is 0 Å². The molecule has 1 unspecified atom stereocenters. The highest BCUT2D eigenvalue weighted by molar-refractivity contribution is 6.07. The van der Waals surface area contributed by atoms with Crippen molar-refractivity contribution in [2.24, 2.45) is 0 Å². The van der Waals surface area contributed by atoms with Crippen molar-refractivity contribution < 1.29 is 38.3 Å². The highest BCUT2D eigenvalue weighted by Crippen LogP contribution is 2.35. The first-order valence-electron chi connectivity index (χ1n) is 8.77. The fourth-order valence-electron chi connectivity index (χ4n) is 2.76. The summed E-state index contributed by atoms with van der Waals surface area (Å²) in [4.78, 5) is 60.0. The van der Waals surface area contributed by atoms with Gasteiger partial charge in [0.25, 0.3) is 5.69 Å². The fourth-order valence-corrected chi connectivity index (χ4v) is 2.76. The standard InChI is InChI=1S/C19H23NO9/c1-6-28-17(23)19(4,18(24)29-7-2)12-8-9-14(20(25)26)13(10-12)15(11(3)21)16(22)27-5/h8-10,15H,6-7H2,1-5H3. The Labute approximate surface area is 167 Å². The number of esters is 3. The lowest BCUT2D eigenvalue weighted by molar-refractivity contribution is -0.385. The van der Waals surface area contributed by atoms with Gasteiger partial charge in [-0.3, -0.25) is 29.3 Å². The summed E-state index contributed by atoms with van der Waals surface area (Å²) in [6.45, 7) is 5.38. The minimum absolute atomic E-state index is 0.0219. The van der Waals surface area contributed by atoms with E-state index in [1.165, 1.54) is 13.0 Å². The monoisotopic (exact) mass is 409 g/mol. The van der Waals surface area contributed by atoms with Crippen molar-refractivity contribution in [2.75, 3.05) is 20.3 Å². The first-order valence-corrected chi connectivity index (χ1v) is 8.77. The van der Waals surface area contributed by atoms with Crippen LogP contribution in [0.2, 0.25) is 0 Å². The van der Waals surface area contributed by atoms with Gasteiger partial charge in [-0.05, 0) is 39.3 Å². The second-order valence-electron chi connectivity index (χ2n) is 6.16. The second kappa shape index (κ2) is 9.76. The van der Waals surface area contributed by atoms with Gasteiger partial charge < -0.3 is 14.2 Å². The molecule has 0 saturated heterocycles. The molecule has 1 aromatic carbocycles. The Balaban J connectivity index is 3.80. The topological polar surface area (TPSA) is 139 Å². The summed E-state index contributed by atoms with van der Waals surface area (Å²) >= 11 is 0. The van der Waals surface area contributed by atoms with Crippen LogP contribution in [-0.2, 0) is 38.8 Å². The molecule has 0 aliphatic heterocycles. The van der Waals surface area contributed by atoms with E-state index >= 15 is 0 Å². The average Bonchev–Trinajstić information content (AvgIpc) is 2.66. The fraction of sp³-hybridized carbons (Fsp3) is 0.474. The lowest BCUT2D eigenvalue weighted by atomic mass is 9.79. The van der Waals surface area contributed by atoms with Crippen molar-refractivity contribution in [1.82, 2.24) is 0 Å². The van der Waals surface area contributed by atoms with E-state index in [1.54, 1.807) is 13.8 Å². The maximum absolute atomic E-state index is 12.6. The smallest absolute Gasteiger partial charge is 0.327 e. The zero-order valence-corrected chi connectivity index (χ0v) is 16.8. The predicted molar refractivity (Wildman–Crippen MR) is 99.2 cm³/mol. The molecule has 158 valence electrons. The Morgan fingerprint density at radius 2 is 1.62 bits per heavy atom. The molecular formula is C19H23NO9. The van der Waals surface area contributed by atoms with E-state index < -0.39 is 45.6 Å². The Morgan fingerprint density at radius 3 is 2.00 bits per heavy atom. The van der Waals surface area contributed by atoms with Crippen LogP contribution in [0.1, 0.15) is 44.7 Å². The van der Waals surface area contributed by atoms with Gasteiger partial charge in [-0.15, -0.1) is 0 Å². The number of methoxy groups -OCH3 is 1. The Hall–Kier alpha value is -3.30. The van der Waals surface area contributed by atoms with Gasteiger partial charge in [0.05, 0.1) is 30.8 Å². The Morgan fingerprint density at radius 1 is 1.10 bits per heavy atom. The minimum Gasteiger partial charge on any atom is -0.468 e. The molecule has 1 aromatic rings. The van der Waals surface area contributed by atoms with Gasteiger partial charge in [0.2, 0.25) is 0 Å². The van der Waals surface area contributed by atoms with Crippen LogP contribution in [0, 0.1) is 10.1 Å². The quantitative estimate of drug-likeness (QED) is 0.196. The van der Waals surface area contributed by atoms with E-state index in [0.717, 1.165) is 26.2 Å². The molecule has 0 spiro atoms. The number of nitro groups is 1. The third-order valence-electron chi connectivity index (χ3n) is 4.32. The van der Waals surface area contributed by atoms with Gasteiger partial charge >= 0.3 is 17.9 Å². The number of hydrogen-bond acceptors (Lipinski definition) is 9. The van der Waals surface area contributed by atoms with E-state index in [0.29, 0.717) is 0 Å². The molecule has 10 heteroatoms. The molecular weight excluding hydrogens is 386 g/mol. The minimum atomic E-state index is -1.96. The highest BCUT2D eigenvalue weighted by atomic mass is 16.6. The molecule has 1 atom stereocenters. The predicted octanol–water partition coefficient (Wildman–Crippen LogP) is 1.82. The number of hydrogen-bond donors (Lipinski definition) is 0. The number of carbonyl (C=O) groups is 4. The van der Waals surface area contributed by atoms with Gasteiger partial charge in [-0.2, -0.15) is 0 Å². The Bertz CT molecular complexity index is 813. The van der Waals surface area contributed by atoms with Crippen molar-refractivity contribution >= 4 is 29.4 Å². The molecule has 0 fully saturated rings. The number of ether oxygens (including phenoxy) is 3. The van der Waals surface area contributed by atoms with Gasteiger partial charge in [0, 0.05) is 6.07 Å². The molecule has 0 aromatic heterocycles. The van der Waals surface area contributed by atoms with Gasteiger partial charge in [0.1, 0.15) is 11.7 Å². The van der Waals surface area contributed by atoms with Gasteiger partial charge in [-0.1, -0.05) is 6.07 Å². The second-order valence-corrected chi connectivity index (χ2v) is 6.16. The Kier molecular flexibility index (Phi) is 7.99. The van der Waals surface area contributed by atoms with Gasteiger partial charge in [0.15, 0.2) is 5.41 Å². The first kappa shape index (κ1) is 23.7. The van der Waals surface area contributed by atoms with Crippen LogP contribution in [0.4, 0.5) is 5.69 Å². The molecule has 0 aliphatic carbocycles. The molecule has 0 aliphatic rings. The normalized spacial score (nSPS) is 11.9. The molecule has 1 rings (SSSR count). The number of benzene rings is 1. The summed E-state index contributed by atoms with van der Waals surface area (Å²) < 4.78 is 14.6. The summed E-state index contributed by atoms with van der Waals surface area (Å²) in [5.41, 5.74) is -2.82. The van der Waals surface area contributed by atoms with E-state index in [-0.39, 0.29) is 24.3 Å². The summed E-state index contributed by atoms with van der Waals surface area (Å²) in [6, 6.07) is 3.29. The van der Waals surface area contributed by atoms with Gasteiger partial charge in [-0.25, -0.2) is 0 Å². The van der Waals surface area contributed by atoms with Crippen molar-refractivity contribution in [1.29, 1.82) is 0 Å². The third-order valence-corrected chi connectivity index (χ3v) is 4.32. The van der Waals surface area contributed by atoms with Crippen LogP contribution in [-0.4, -0.2) is 48.9 Å². The van der Waals surface area contributed by atoms with Crippen LogP contribution < -0.4 is 0 Å². The molecule has 0 saturated carbocycles. The lowest BCUT2D eigenvalue weighted by Crippen LogP contribution is -2.43. The summed E-state index contributed by atoms with van der Waals surface area (Å²) in [5.74, 6) is -5.18. The first-order chi connectivity index (χ1) is 13.6. The molecule has 0 heterocycles. The summed E-state index contributed by atoms with van der Waals surface area (Å²) in [7, 11) is 1.04. The highest BCUT2D eigenvalue weighted by Gasteiger charge is 2.47. The van der Waals surface area contributed by atoms with Crippen LogP contribution in [0.15, 0.2) is 18.2 Å². The molecule has 0 radical (unpaired) electrons. The van der Waals surface area contributed by atoms with E-state index in [4.69, 9.17) is 9.47 Å². The number of ketones is 1. The zero-order chi connectivity index (χ0) is 22.4. The van der Waals surface area contributed by atoms with Crippen molar-refractivity contribution in [2.45, 2.75) is 39.0 Å². The number of nitro benzene ring substituents is 1. The summed E-state index contributed by atoms with van der Waals surface area (Å²) in [6.07, 6.45) is 0. The lowest BCUT2D eigenvalue weighted by Gasteiger charge is -2.26. The molecule has 0 amide bonds. The van der Waals surface area contributed by atoms with Crippen molar-refractivity contribution in [3.63, 3.8) is 0 Å². The van der Waals surface area contributed by atoms with E-state index in [9.17, 15) is 29.3 Å².